The number of nitrogens with one attached hydrogen (secondary N) is 1. The maximum absolute atomic E-state index is 12.9. The minimum absolute atomic E-state index is 0.0568. The van der Waals surface area contributed by atoms with Gasteiger partial charge in [0.05, 0.1) is 4.90 Å². The molecule has 5 rings (SSSR count). The van der Waals surface area contributed by atoms with Crippen LogP contribution in [0, 0.1) is 0 Å². The molecule has 1 N–H and O–H groups in total. The minimum atomic E-state index is -3.87. The molecule has 11 heteroatoms. The van der Waals surface area contributed by atoms with Gasteiger partial charge in [0, 0.05) is 24.8 Å². The fourth-order valence-corrected chi connectivity index (χ4v) is 7.37. The van der Waals surface area contributed by atoms with E-state index < -0.39 is 20.0 Å². The average Bonchev–Trinajstić information content (AvgIpc) is 3.34. The van der Waals surface area contributed by atoms with Gasteiger partial charge >= 0.3 is 0 Å². The molecule has 0 unspecified atom stereocenters. The van der Waals surface area contributed by atoms with Gasteiger partial charge in [-0.15, -0.1) is 11.3 Å². The minimum Gasteiger partial charge on any atom is -0.486 e. The van der Waals surface area contributed by atoms with Crippen LogP contribution in [0.25, 0.3) is 0 Å². The van der Waals surface area contributed by atoms with Gasteiger partial charge in [0.2, 0.25) is 0 Å². The lowest BCUT2D eigenvalue weighted by Crippen LogP contribution is -2.35. The highest BCUT2D eigenvalue weighted by Crippen LogP contribution is 2.33. The largest absolute Gasteiger partial charge is 0.486 e. The fourth-order valence-electron chi connectivity index (χ4n) is 3.74. The molecule has 0 spiro atoms. The Bertz CT molecular complexity index is 1370. The summed E-state index contributed by atoms with van der Waals surface area (Å²) in [5.41, 5.74) is 2.15. The molecule has 0 saturated carbocycles. The fraction of sp³-hybridized carbons (Fsp3) is 0.238. The molecule has 3 aromatic rings. The summed E-state index contributed by atoms with van der Waals surface area (Å²) in [4.78, 5) is 0.0568. The van der Waals surface area contributed by atoms with Crippen LogP contribution in [0.4, 0.5) is 5.69 Å². The molecule has 0 amide bonds. The van der Waals surface area contributed by atoms with Crippen molar-refractivity contribution in [2.24, 2.45) is 0 Å². The van der Waals surface area contributed by atoms with Gasteiger partial charge < -0.3 is 9.47 Å². The summed E-state index contributed by atoms with van der Waals surface area (Å²) in [5.74, 6) is 0.898. The summed E-state index contributed by atoms with van der Waals surface area (Å²) in [6, 6.07) is 13.0. The van der Waals surface area contributed by atoms with E-state index in [9.17, 15) is 16.8 Å². The van der Waals surface area contributed by atoms with E-state index in [-0.39, 0.29) is 11.4 Å². The number of ether oxygens (including phenoxy) is 2. The lowest BCUT2D eigenvalue weighted by Gasteiger charge is -2.28. The van der Waals surface area contributed by atoms with Crippen LogP contribution in [-0.2, 0) is 33.0 Å². The Hall–Kier alpha value is -2.60. The average molecular weight is 493 g/mol. The van der Waals surface area contributed by atoms with E-state index in [4.69, 9.17) is 9.47 Å². The van der Waals surface area contributed by atoms with Crippen LogP contribution in [0.15, 0.2) is 63.0 Å². The van der Waals surface area contributed by atoms with Crippen LogP contribution in [0.5, 0.6) is 11.5 Å². The first-order valence-corrected chi connectivity index (χ1v) is 13.7. The number of fused-ring (bicyclic) bond motifs is 2. The second-order valence-electron chi connectivity index (χ2n) is 7.42. The van der Waals surface area contributed by atoms with Crippen LogP contribution in [0.3, 0.4) is 0 Å². The standard InChI is InChI=1S/C21H20N2O6S3/c24-31(25,18-5-6-19-20(13-18)29-10-9-28-19)22-17-4-3-15-7-8-23(14-16(15)12-17)32(26,27)21-2-1-11-30-21/h1-6,11-13,22H,7-10,14H2. The number of thiophene rings is 1. The first-order chi connectivity index (χ1) is 15.3. The zero-order valence-corrected chi connectivity index (χ0v) is 19.3. The Morgan fingerprint density at radius 1 is 0.906 bits per heavy atom. The second kappa shape index (κ2) is 8.07. The van der Waals surface area contributed by atoms with Crippen molar-refractivity contribution in [2.75, 3.05) is 24.5 Å². The number of nitrogens with zero attached hydrogens (tertiary/aromatic N) is 1. The van der Waals surface area contributed by atoms with Crippen molar-refractivity contribution in [3.8, 4) is 11.5 Å². The Morgan fingerprint density at radius 2 is 1.72 bits per heavy atom. The molecule has 168 valence electrons. The van der Waals surface area contributed by atoms with Gasteiger partial charge in [-0.1, -0.05) is 12.1 Å². The maximum Gasteiger partial charge on any atom is 0.262 e. The van der Waals surface area contributed by atoms with Gasteiger partial charge in [-0.3, -0.25) is 4.72 Å². The van der Waals surface area contributed by atoms with E-state index in [1.807, 2.05) is 6.07 Å². The van der Waals surface area contributed by atoms with Gasteiger partial charge in [-0.2, -0.15) is 4.31 Å². The van der Waals surface area contributed by atoms with Crippen molar-refractivity contribution in [3.05, 3.63) is 65.0 Å². The molecule has 2 aliphatic rings. The third kappa shape index (κ3) is 3.96. The van der Waals surface area contributed by atoms with E-state index in [1.165, 1.54) is 27.8 Å². The molecule has 0 atom stereocenters. The molecule has 0 radical (unpaired) electrons. The molecule has 32 heavy (non-hydrogen) atoms. The van der Waals surface area contributed by atoms with E-state index in [2.05, 4.69) is 4.72 Å². The van der Waals surface area contributed by atoms with E-state index in [1.54, 1.807) is 35.7 Å². The predicted molar refractivity (Wildman–Crippen MR) is 120 cm³/mol. The van der Waals surface area contributed by atoms with Gasteiger partial charge in [0.15, 0.2) is 11.5 Å². The van der Waals surface area contributed by atoms with Gasteiger partial charge in [-0.05, 0) is 53.3 Å². The molecule has 0 aliphatic carbocycles. The van der Waals surface area contributed by atoms with Gasteiger partial charge in [0.25, 0.3) is 20.0 Å². The number of rotatable bonds is 5. The van der Waals surface area contributed by atoms with E-state index in [0.717, 1.165) is 11.1 Å². The highest BCUT2D eigenvalue weighted by atomic mass is 32.2. The molecule has 8 nitrogen and oxygen atoms in total. The molecule has 2 aromatic carbocycles. The summed E-state index contributed by atoms with van der Waals surface area (Å²) >= 11 is 1.18. The van der Waals surface area contributed by atoms with Crippen molar-refractivity contribution in [1.29, 1.82) is 0 Å². The van der Waals surface area contributed by atoms with Gasteiger partial charge in [0.1, 0.15) is 17.4 Å². The van der Waals surface area contributed by atoms with Crippen LogP contribution < -0.4 is 14.2 Å². The topological polar surface area (TPSA) is 102 Å². The SMILES string of the molecule is O=S(=O)(Nc1ccc2c(c1)CN(S(=O)(=O)c1cccs1)CC2)c1ccc2c(c1)OCCO2. The lowest BCUT2D eigenvalue weighted by molar-refractivity contribution is 0.171. The second-order valence-corrected chi connectivity index (χ2v) is 12.2. The van der Waals surface area contributed by atoms with Crippen molar-refractivity contribution in [2.45, 2.75) is 22.1 Å². The molecule has 2 aliphatic heterocycles. The Balaban J connectivity index is 1.39. The third-order valence-corrected chi connectivity index (χ3v) is 9.95. The van der Waals surface area contributed by atoms with Crippen LogP contribution >= 0.6 is 11.3 Å². The van der Waals surface area contributed by atoms with E-state index >= 15 is 0 Å². The zero-order valence-electron chi connectivity index (χ0n) is 16.9. The zero-order chi connectivity index (χ0) is 22.3. The molecule has 0 saturated heterocycles. The highest BCUT2D eigenvalue weighted by Gasteiger charge is 2.29. The smallest absolute Gasteiger partial charge is 0.262 e. The van der Waals surface area contributed by atoms with Crippen LogP contribution in [-0.4, -0.2) is 40.9 Å². The first kappa shape index (κ1) is 21.3. The summed E-state index contributed by atoms with van der Waals surface area (Å²) in [7, 11) is -7.44. The number of hydrogen-bond donors (Lipinski definition) is 1. The molecule has 0 bridgehead atoms. The van der Waals surface area contributed by atoms with Crippen molar-refractivity contribution in [3.63, 3.8) is 0 Å². The monoisotopic (exact) mass is 492 g/mol. The number of sulfonamides is 2. The van der Waals surface area contributed by atoms with Crippen LogP contribution in [0.2, 0.25) is 0 Å². The predicted octanol–water partition coefficient (Wildman–Crippen LogP) is 3.07. The van der Waals surface area contributed by atoms with Crippen molar-refractivity contribution < 1.29 is 26.3 Å². The van der Waals surface area contributed by atoms with Crippen LogP contribution in [0.1, 0.15) is 11.1 Å². The summed E-state index contributed by atoms with van der Waals surface area (Å²) in [6.07, 6.45) is 0.565. The Labute approximate surface area is 190 Å². The number of hydrogen-bond acceptors (Lipinski definition) is 7. The quantitative estimate of drug-likeness (QED) is 0.587. The summed E-state index contributed by atoms with van der Waals surface area (Å²) in [5, 5.41) is 1.73. The molecular weight excluding hydrogens is 472 g/mol. The van der Waals surface area contributed by atoms with Crippen molar-refractivity contribution in [1.82, 2.24) is 4.31 Å². The number of benzene rings is 2. The highest BCUT2D eigenvalue weighted by molar-refractivity contribution is 7.92. The normalized spacial score (nSPS) is 16.4. The van der Waals surface area contributed by atoms with Gasteiger partial charge in [-0.25, -0.2) is 16.8 Å². The molecule has 1 aromatic heterocycles. The first-order valence-electron chi connectivity index (χ1n) is 9.91. The third-order valence-electron chi connectivity index (χ3n) is 5.35. The Morgan fingerprint density at radius 3 is 2.50 bits per heavy atom. The summed E-state index contributed by atoms with van der Waals surface area (Å²) < 4.78 is 66.8. The molecular formula is C21H20N2O6S3. The van der Waals surface area contributed by atoms with Crippen molar-refractivity contribution >= 4 is 37.1 Å². The molecule has 3 heterocycles. The number of anilines is 1. The summed E-state index contributed by atoms with van der Waals surface area (Å²) in [6.45, 7) is 1.36. The lowest BCUT2D eigenvalue weighted by atomic mass is 10.0. The maximum atomic E-state index is 12.9. The Kier molecular flexibility index (Phi) is 5.36. The van der Waals surface area contributed by atoms with E-state index in [0.29, 0.717) is 47.6 Å². The molecule has 0 fully saturated rings.